The van der Waals surface area contributed by atoms with Gasteiger partial charge in [0.25, 0.3) is 11.8 Å². The Kier molecular flexibility index (Phi) is 4.95. The largest absolute Gasteiger partial charge is 0.282 e. The highest BCUT2D eigenvalue weighted by Crippen LogP contribution is 2.32. The minimum absolute atomic E-state index is 0.108. The van der Waals surface area contributed by atoms with Crippen molar-refractivity contribution in [2.45, 2.75) is 6.54 Å². The first-order valence-corrected chi connectivity index (χ1v) is 10.5. The molecule has 5 rings (SSSR count). The Morgan fingerprint density at radius 3 is 2.41 bits per heavy atom. The van der Waals surface area contributed by atoms with Crippen LogP contribution in [-0.2, 0) is 11.3 Å². The number of halogens is 1. The van der Waals surface area contributed by atoms with E-state index in [0.717, 1.165) is 21.8 Å². The molecule has 0 fully saturated rings. The summed E-state index contributed by atoms with van der Waals surface area (Å²) < 4.78 is 14.8. The second-order valence-corrected chi connectivity index (χ2v) is 8.18. The summed E-state index contributed by atoms with van der Waals surface area (Å²) >= 11 is 1.16. The first kappa shape index (κ1) is 20.0. The van der Waals surface area contributed by atoms with Gasteiger partial charge >= 0.3 is 0 Å². The van der Waals surface area contributed by atoms with E-state index in [-0.39, 0.29) is 28.3 Å². The number of aromatic nitrogens is 2. The van der Waals surface area contributed by atoms with Gasteiger partial charge in [-0.25, -0.2) is 9.37 Å². The van der Waals surface area contributed by atoms with E-state index in [9.17, 15) is 18.8 Å². The van der Waals surface area contributed by atoms with Crippen LogP contribution in [0.5, 0.6) is 0 Å². The van der Waals surface area contributed by atoms with Crippen LogP contribution >= 0.6 is 11.3 Å². The molecule has 0 N–H and O–H groups in total. The number of para-hydroxylation sites is 1. The average molecular weight is 446 g/mol. The molecule has 0 spiro atoms. The number of carbonyl (C=O) groups is 3. The Hall–Kier alpha value is -3.98. The molecule has 0 bridgehead atoms. The molecule has 7 nitrogen and oxygen atoms in total. The predicted octanol–water partition coefficient (Wildman–Crippen LogP) is 3.66. The van der Waals surface area contributed by atoms with Gasteiger partial charge < -0.3 is 0 Å². The number of anilines is 1. The molecule has 3 heterocycles. The number of imide groups is 1. The number of benzene rings is 2. The molecule has 9 heteroatoms. The third kappa shape index (κ3) is 3.42. The molecule has 1 aliphatic rings. The highest BCUT2D eigenvalue weighted by molar-refractivity contribution is 7.22. The maximum Gasteiger partial charge on any atom is 0.262 e. The van der Waals surface area contributed by atoms with Crippen LogP contribution in [-0.4, -0.2) is 39.1 Å². The molecule has 1 aliphatic heterocycles. The summed E-state index contributed by atoms with van der Waals surface area (Å²) in [5.74, 6) is -2.03. The Bertz CT molecular complexity index is 1340. The lowest BCUT2D eigenvalue weighted by molar-refractivity contribution is -0.119. The van der Waals surface area contributed by atoms with Gasteiger partial charge in [0.2, 0.25) is 5.91 Å². The summed E-state index contributed by atoms with van der Waals surface area (Å²) in [6.07, 6.45) is 3.22. The third-order valence-electron chi connectivity index (χ3n) is 5.13. The normalized spacial score (nSPS) is 13.0. The fourth-order valence-electron chi connectivity index (χ4n) is 3.56. The monoisotopic (exact) mass is 446 g/mol. The van der Waals surface area contributed by atoms with Crippen LogP contribution in [0.4, 0.5) is 9.52 Å². The molecule has 0 saturated heterocycles. The summed E-state index contributed by atoms with van der Waals surface area (Å²) in [5, 5.41) is 0.274. The molecule has 32 heavy (non-hydrogen) atoms. The summed E-state index contributed by atoms with van der Waals surface area (Å²) in [6, 6.07) is 14.6. The van der Waals surface area contributed by atoms with Gasteiger partial charge in [-0.1, -0.05) is 35.6 Å². The van der Waals surface area contributed by atoms with Crippen molar-refractivity contribution in [3.05, 3.63) is 89.5 Å². The molecule has 0 aliphatic carbocycles. The molecule has 0 atom stereocenters. The third-order valence-corrected chi connectivity index (χ3v) is 6.17. The van der Waals surface area contributed by atoms with Crippen LogP contribution in [0.1, 0.15) is 26.3 Å². The van der Waals surface area contributed by atoms with Crippen molar-refractivity contribution in [1.82, 2.24) is 14.9 Å². The lowest BCUT2D eigenvalue weighted by Gasteiger charge is -2.22. The second-order valence-electron chi connectivity index (χ2n) is 7.17. The van der Waals surface area contributed by atoms with Crippen LogP contribution in [0, 0.1) is 5.82 Å². The zero-order valence-corrected chi connectivity index (χ0v) is 17.4. The number of thiazole rings is 1. The van der Waals surface area contributed by atoms with Crippen LogP contribution in [0.3, 0.4) is 0 Å². The SMILES string of the molecule is O=C1c2ccccc2C(=O)N1CC(=O)N(Cc1cccnc1)c1nc2c(F)cccc2s1. The lowest BCUT2D eigenvalue weighted by Crippen LogP contribution is -2.42. The van der Waals surface area contributed by atoms with Crippen LogP contribution in [0.15, 0.2) is 67.0 Å². The van der Waals surface area contributed by atoms with E-state index in [1.807, 2.05) is 0 Å². The van der Waals surface area contributed by atoms with Crippen molar-refractivity contribution in [2.24, 2.45) is 0 Å². The van der Waals surface area contributed by atoms with Gasteiger partial charge in [0.05, 0.1) is 22.4 Å². The molecular formula is C23H15FN4O3S. The molecule has 2 aromatic heterocycles. The number of hydrogen-bond donors (Lipinski definition) is 0. The molecule has 0 radical (unpaired) electrons. The highest BCUT2D eigenvalue weighted by Gasteiger charge is 2.37. The average Bonchev–Trinajstić information content (AvgIpc) is 3.35. The van der Waals surface area contributed by atoms with Crippen LogP contribution in [0.2, 0.25) is 0 Å². The van der Waals surface area contributed by atoms with Gasteiger partial charge in [-0.15, -0.1) is 0 Å². The van der Waals surface area contributed by atoms with E-state index >= 15 is 0 Å². The van der Waals surface area contributed by atoms with Gasteiger partial charge in [-0.3, -0.25) is 29.2 Å². The maximum absolute atomic E-state index is 14.2. The van der Waals surface area contributed by atoms with Crippen molar-refractivity contribution >= 4 is 44.4 Å². The van der Waals surface area contributed by atoms with Gasteiger partial charge in [0.1, 0.15) is 17.9 Å². The molecule has 0 unspecified atom stereocenters. The van der Waals surface area contributed by atoms with Crippen molar-refractivity contribution in [2.75, 3.05) is 11.4 Å². The number of fused-ring (bicyclic) bond motifs is 2. The van der Waals surface area contributed by atoms with E-state index < -0.39 is 30.1 Å². The molecule has 4 aromatic rings. The smallest absolute Gasteiger partial charge is 0.262 e. The summed E-state index contributed by atoms with van der Waals surface area (Å²) in [4.78, 5) is 49.4. The van der Waals surface area contributed by atoms with Crippen LogP contribution in [0.25, 0.3) is 10.2 Å². The first-order valence-electron chi connectivity index (χ1n) is 9.72. The highest BCUT2D eigenvalue weighted by atomic mass is 32.1. The topological polar surface area (TPSA) is 83.5 Å². The number of hydrogen-bond acceptors (Lipinski definition) is 6. The predicted molar refractivity (Wildman–Crippen MR) is 117 cm³/mol. The Balaban J connectivity index is 1.49. The maximum atomic E-state index is 14.2. The summed E-state index contributed by atoms with van der Waals surface area (Å²) in [6.45, 7) is -0.345. The molecule has 0 saturated carbocycles. The minimum Gasteiger partial charge on any atom is -0.282 e. The fraction of sp³-hybridized carbons (Fsp3) is 0.0870. The number of rotatable bonds is 5. The first-order chi connectivity index (χ1) is 15.5. The van der Waals surface area contributed by atoms with E-state index in [1.165, 1.54) is 11.0 Å². The van der Waals surface area contributed by atoms with E-state index in [0.29, 0.717) is 4.70 Å². The number of nitrogens with zero attached hydrogens (tertiary/aromatic N) is 4. The number of pyridine rings is 1. The van der Waals surface area contributed by atoms with E-state index in [2.05, 4.69) is 9.97 Å². The quantitative estimate of drug-likeness (QED) is 0.437. The molecule has 3 amide bonds. The standard InChI is InChI=1S/C23H15FN4O3S/c24-17-8-3-9-18-20(17)26-23(32-18)27(12-14-5-4-10-25-11-14)19(29)13-28-21(30)15-6-1-2-7-16(15)22(28)31/h1-11H,12-13H2. The molecule has 2 aromatic carbocycles. The van der Waals surface area contributed by atoms with Crippen molar-refractivity contribution in [3.8, 4) is 0 Å². The van der Waals surface area contributed by atoms with E-state index in [1.54, 1.807) is 60.9 Å². The van der Waals surface area contributed by atoms with Crippen molar-refractivity contribution < 1.29 is 18.8 Å². The summed E-state index contributed by atoms with van der Waals surface area (Å²) in [7, 11) is 0. The second kappa shape index (κ2) is 7.93. The summed E-state index contributed by atoms with van der Waals surface area (Å²) in [5.41, 5.74) is 1.43. The van der Waals surface area contributed by atoms with Gasteiger partial charge in [-0.2, -0.15) is 0 Å². The fourth-order valence-corrected chi connectivity index (χ4v) is 4.56. The van der Waals surface area contributed by atoms with Gasteiger partial charge in [-0.05, 0) is 35.9 Å². The Labute approximate surface area is 185 Å². The number of carbonyl (C=O) groups excluding carboxylic acids is 3. The number of amides is 3. The zero-order valence-electron chi connectivity index (χ0n) is 16.6. The Morgan fingerprint density at radius 1 is 1.00 bits per heavy atom. The zero-order chi connectivity index (χ0) is 22.2. The van der Waals surface area contributed by atoms with E-state index in [4.69, 9.17) is 0 Å². The molecular weight excluding hydrogens is 431 g/mol. The Morgan fingerprint density at radius 2 is 1.75 bits per heavy atom. The lowest BCUT2D eigenvalue weighted by atomic mass is 10.1. The van der Waals surface area contributed by atoms with Crippen LogP contribution < -0.4 is 4.90 Å². The van der Waals surface area contributed by atoms with Crippen molar-refractivity contribution in [3.63, 3.8) is 0 Å². The van der Waals surface area contributed by atoms with Crippen molar-refractivity contribution in [1.29, 1.82) is 0 Å². The minimum atomic E-state index is -0.518. The van der Waals surface area contributed by atoms with Gasteiger partial charge in [0.15, 0.2) is 5.13 Å². The molecule has 158 valence electrons. The van der Waals surface area contributed by atoms with Gasteiger partial charge in [0, 0.05) is 12.4 Å².